The fourth-order valence-corrected chi connectivity index (χ4v) is 4.28. The fraction of sp³-hybridized carbons (Fsp3) is 0.769. The molecule has 1 aromatic carbocycles. The number of nitrogens with zero attached hydrogens (tertiary/aromatic N) is 1. The van der Waals surface area contributed by atoms with Gasteiger partial charge in [-0.15, -0.1) is 0 Å². The zero-order chi connectivity index (χ0) is 23.7. The molecule has 1 aliphatic heterocycles. The van der Waals surface area contributed by atoms with E-state index in [1.807, 2.05) is 24.3 Å². The summed E-state index contributed by atoms with van der Waals surface area (Å²) < 4.78 is 22.9. The summed E-state index contributed by atoms with van der Waals surface area (Å²) in [5.74, 6) is 0.738. The van der Waals surface area contributed by atoms with Gasteiger partial charge in [-0.25, -0.2) is 0 Å². The molecule has 0 radical (unpaired) electrons. The van der Waals surface area contributed by atoms with Crippen molar-refractivity contribution in [3.05, 3.63) is 29.8 Å². The van der Waals surface area contributed by atoms with Crippen molar-refractivity contribution < 1.29 is 24.1 Å². The largest absolute Gasteiger partial charge is 0.494 e. The van der Waals surface area contributed by atoms with Crippen molar-refractivity contribution in [1.82, 2.24) is 10.2 Å². The molecule has 0 amide bonds. The number of aliphatic hydroxyl groups is 2. The molecule has 0 aliphatic carbocycles. The quantitative estimate of drug-likeness (QED) is 0.268. The van der Waals surface area contributed by atoms with Crippen LogP contribution < -0.4 is 10.1 Å². The van der Waals surface area contributed by atoms with Gasteiger partial charge in [-0.1, -0.05) is 37.8 Å². The predicted octanol–water partition coefficient (Wildman–Crippen LogP) is 3.86. The van der Waals surface area contributed by atoms with Gasteiger partial charge in [0.15, 0.2) is 0 Å². The van der Waals surface area contributed by atoms with E-state index in [1.165, 1.54) is 25.7 Å². The maximum absolute atomic E-state index is 12.2. The average molecular weight is 469 g/mol. The lowest BCUT2D eigenvalue weighted by atomic mass is 10.0. The minimum Gasteiger partial charge on any atom is -0.494 e. The van der Waals surface area contributed by atoms with E-state index in [0.717, 1.165) is 50.3 Å². The Morgan fingerprint density at radius 3 is 2.39 bits per heavy atom. The molecule has 0 aromatic heterocycles. The Hall–Kier alpha value is -1.25. The lowest BCUT2D eigenvalue weighted by molar-refractivity contribution is 0.100. The molecule has 33 heavy (non-hydrogen) atoms. The standard InChI is InChI=1S/C26H45FN2O4/c1-32-18-8-5-3-2-4-7-16-28-25(21-29-17-14-23(30)20-29)26(31)22-10-12-24(13-11-22)33-19-9-6-15-27/h10-13,23,25-26,28,30-31H,2-9,14-21H2,1H3/t23-,25+,26+/m0/s1. The summed E-state index contributed by atoms with van der Waals surface area (Å²) >= 11 is 0. The molecule has 0 bridgehead atoms. The van der Waals surface area contributed by atoms with Crippen molar-refractivity contribution in [3.8, 4) is 5.75 Å². The maximum atomic E-state index is 12.2. The SMILES string of the molecule is COCCCCCCCCN[C@H](CN1CC[C@H](O)C1)[C@H](O)c1ccc(OCCCCF)cc1. The molecule has 7 heteroatoms. The van der Waals surface area contributed by atoms with Crippen LogP contribution in [0.25, 0.3) is 0 Å². The topological polar surface area (TPSA) is 74.2 Å². The van der Waals surface area contributed by atoms with Gasteiger partial charge in [-0.05, 0) is 56.3 Å². The van der Waals surface area contributed by atoms with Crippen LogP contribution in [0.5, 0.6) is 5.75 Å². The van der Waals surface area contributed by atoms with Gasteiger partial charge in [0.2, 0.25) is 0 Å². The molecular weight excluding hydrogens is 423 g/mol. The number of hydrogen-bond donors (Lipinski definition) is 3. The van der Waals surface area contributed by atoms with E-state index in [0.29, 0.717) is 32.5 Å². The number of aliphatic hydroxyl groups excluding tert-OH is 2. The summed E-state index contributed by atoms with van der Waals surface area (Å²) in [5, 5.41) is 24.6. The van der Waals surface area contributed by atoms with Gasteiger partial charge in [-0.2, -0.15) is 0 Å². The van der Waals surface area contributed by atoms with Crippen LogP contribution in [-0.4, -0.2) is 80.4 Å². The molecule has 0 saturated carbocycles. The minimum atomic E-state index is -0.641. The molecule has 1 aromatic rings. The highest BCUT2D eigenvalue weighted by Gasteiger charge is 2.27. The second-order valence-electron chi connectivity index (χ2n) is 9.14. The van der Waals surface area contributed by atoms with Crippen molar-refractivity contribution in [2.75, 3.05) is 53.2 Å². The molecule has 6 nitrogen and oxygen atoms in total. The van der Waals surface area contributed by atoms with E-state index in [1.54, 1.807) is 7.11 Å². The van der Waals surface area contributed by atoms with Crippen LogP contribution in [0.1, 0.15) is 69.5 Å². The maximum Gasteiger partial charge on any atom is 0.119 e. The number of hydrogen-bond acceptors (Lipinski definition) is 6. The number of likely N-dealkylation sites (tertiary alicyclic amines) is 1. The van der Waals surface area contributed by atoms with Crippen LogP contribution in [0.15, 0.2) is 24.3 Å². The van der Waals surface area contributed by atoms with E-state index in [9.17, 15) is 14.6 Å². The normalized spacial score (nSPS) is 18.5. The first-order valence-electron chi connectivity index (χ1n) is 12.7. The summed E-state index contributed by atoms with van der Waals surface area (Å²) in [7, 11) is 1.75. The molecule has 3 N–H and O–H groups in total. The Kier molecular flexibility index (Phi) is 14.6. The monoisotopic (exact) mass is 468 g/mol. The molecule has 1 heterocycles. The Balaban J connectivity index is 1.80. The molecule has 190 valence electrons. The molecule has 1 saturated heterocycles. The second kappa shape index (κ2) is 17.2. The zero-order valence-electron chi connectivity index (χ0n) is 20.4. The Bertz CT molecular complexity index is 604. The Morgan fingerprint density at radius 2 is 1.73 bits per heavy atom. The van der Waals surface area contributed by atoms with E-state index in [-0.39, 0.29) is 18.8 Å². The van der Waals surface area contributed by atoms with E-state index in [4.69, 9.17) is 9.47 Å². The van der Waals surface area contributed by atoms with Gasteiger partial charge < -0.3 is 25.0 Å². The van der Waals surface area contributed by atoms with Gasteiger partial charge in [0, 0.05) is 39.4 Å². The number of ether oxygens (including phenoxy) is 2. The van der Waals surface area contributed by atoms with Crippen LogP contribution >= 0.6 is 0 Å². The number of benzene rings is 1. The molecule has 0 spiro atoms. The highest BCUT2D eigenvalue weighted by atomic mass is 19.1. The second-order valence-corrected chi connectivity index (χ2v) is 9.14. The van der Waals surface area contributed by atoms with E-state index < -0.39 is 6.10 Å². The zero-order valence-corrected chi connectivity index (χ0v) is 20.4. The first kappa shape index (κ1) is 28.0. The lowest BCUT2D eigenvalue weighted by Gasteiger charge is -2.29. The number of β-amino-alcohol motifs (C(OH)–C–C–N with tert-alkyl or cyclic N) is 1. The fourth-order valence-electron chi connectivity index (χ4n) is 4.28. The Morgan fingerprint density at radius 1 is 1.03 bits per heavy atom. The summed E-state index contributed by atoms with van der Waals surface area (Å²) in [4.78, 5) is 2.23. The average Bonchev–Trinajstić information content (AvgIpc) is 3.24. The molecule has 0 unspecified atom stereocenters. The van der Waals surface area contributed by atoms with Crippen molar-refractivity contribution in [2.24, 2.45) is 0 Å². The van der Waals surface area contributed by atoms with E-state index >= 15 is 0 Å². The van der Waals surface area contributed by atoms with Gasteiger partial charge in [0.05, 0.1) is 25.5 Å². The number of unbranched alkanes of at least 4 members (excludes halogenated alkanes) is 6. The number of rotatable bonds is 19. The minimum absolute atomic E-state index is 0.103. The third-order valence-electron chi connectivity index (χ3n) is 6.28. The van der Waals surface area contributed by atoms with Gasteiger partial charge in [0.1, 0.15) is 5.75 Å². The molecule has 1 aliphatic rings. The van der Waals surface area contributed by atoms with Crippen molar-refractivity contribution >= 4 is 0 Å². The number of alkyl halides is 1. The third-order valence-corrected chi connectivity index (χ3v) is 6.28. The number of methoxy groups -OCH3 is 1. The van der Waals surface area contributed by atoms with Gasteiger partial charge >= 0.3 is 0 Å². The van der Waals surface area contributed by atoms with Crippen LogP contribution in [0.4, 0.5) is 4.39 Å². The van der Waals surface area contributed by atoms with Crippen LogP contribution in [0, 0.1) is 0 Å². The van der Waals surface area contributed by atoms with Gasteiger partial charge in [-0.3, -0.25) is 9.29 Å². The summed E-state index contributed by atoms with van der Waals surface area (Å²) in [6, 6.07) is 7.45. The smallest absolute Gasteiger partial charge is 0.119 e. The third kappa shape index (κ3) is 11.6. The van der Waals surface area contributed by atoms with Crippen LogP contribution in [0.3, 0.4) is 0 Å². The van der Waals surface area contributed by atoms with Crippen molar-refractivity contribution in [2.45, 2.75) is 76.0 Å². The first-order valence-corrected chi connectivity index (χ1v) is 12.7. The lowest BCUT2D eigenvalue weighted by Crippen LogP contribution is -2.44. The molecular formula is C26H45FN2O4. The predicted molar refractivity (Wildman–Crippen MR) is 131 cm³/mol. The summed E-state index contributed by atoms with van der Waals surface area (Å²) in [5.41, 5.74) is 0.849. The highest BCUT2D eigenvalue weighted by Crippen LogP contribution is 2.23. The molecule has 2 rings (SSSR count). The number of nitrogens with one attached hydrogen (secondary N) is 1. The van der Waals surface area contributed by atoms with E-state index in [2.05, 4.69) is 10.2 Å². The molecule has 3 atom stereocenters. The molecule has 1 fully saturated rings. The Labute approximate surface area is 199 Å². The summed E-state index contributed by atoms with van der Waals surface area (Å²) in [6.45, 7) is 4.13. The van der Waals surface area contributed by atoms with Gasteiger partial charge in [0.25, 0.3) is 0 Å². The van der Waals surface area contributed by atoms with Crippen LogP contribution in [0.2, 0.25) is 0 Å². The number of halogens is 1. The highest BCUT2D eigenvalue weighted by molar-refractivity contribution is 5.29. The summed E-state index contributed by atoms with van der Waals surface area (Å²) in [6.07, 6.45) is 8.17. The first-order chi connectivity index (χ1) is 16.1. The van der Waals surface area contributed by atoms with Crippen LogP contribution in [-0.2, 0) is 4.74 Å². The van der Waals surface area contributed by atoms with Crippen molar-refractivity contribution in [3.63, 3.8) is 0 Å². The van der Waals surface area contributed by atoms with Crippen molar-refractivity contribution in [1.29, 1.82) is 0 Å².